The zero-order valence-corrected chi connectivity index (χ0v) is 13.2. The maximum atomic E-state index is 5.57. The van der Waals surface area contributed by atoms with E-state index >= 15 is 0 Å². The first kappa shape index (κ1) is 15.2. The number of fused-ring (bicyclic) bond motifs is 1. The lowest BCUT2D eigenvalue weighted by molar-refractivity contribution is 0.188. The molecule has 112 valence electrons. The molecular formula is C17H27NO2. The highest BCUT2D eigenvalue weighted by molar-refractivity contribution is 5.52. The molecule has 20 heavy (non-hydrogen) atoms. The fourth-order valence-electron chi connectivity index (χ4n) is 3.36. The third kappa shape index (κ3) is 2.93. The maximum Gasteiger partial charge on any atom is 0.164 e. The molecule has 1 aliphatic rings. The molecule has 0 aromatic heterocycles. The zero-order chi connectivity index (χ0) is 14.5. The van der Waals surface area contributed by atoms with Crippen LogP contribution in [0, 0.1) is 0 Å². The Morgan fingerprint density at radius 3 is 2.60 bits per heavy atom. The number of hydrogen-bond donors (Lipinski definition) is 0. The van der Waals surface area contributed by atoms with E-state index in [2.05, 4.69) is 24.8 Å². The van der Waals surface area contributed by atoms with Crippen molar-refractivity contribution in [1.29, 1.82) is 0 Å². The quantitative estimate of drug-likeness (QED) is 0.796. The molecule has 0 saturated heterocycles. The van der Waals surface area contributed by atoms with Crippen molar-refractivity contribution < 1.29 is 9.47 Å². The maximum absolute atomic E-state index is 5.57. The molecule has 1 aliphatic carbocycles. The Hall–Kier alpha value is -1.22. The lowest BCUT2D eigenvalue weighted by Gasteiger charge is -2.35. The van der Waals surface area contributed by atoms with Gasteiger partial charge < -0.3 is 14.4 Å². The molecule has 2 rings (SSSR count). The second-order valence-corrected chi connectivity index (χ2v) is 5.46. The summed E-state index contributed by atoms with van der Waals surface area (Å²) in [7, 11) is 3.44. The largest absolute Gasteiger partial charge is 0.493 e. The normalized spacial score (nSPS) is 17.9. The predicted molar refractivity (Wildman–Crippen MR) is 82.9 cm³/mol. The summed E-state index contributed by atoms with van der Waals surface area (Å²) < 4.78 is 11.0. The van der Waals surface area contributed by atoms with Crippen LogP contribution < -0.4 is 9.47 Å². The highest BCUT2D eigenvalue weighted by atomic mass is 16.5. The van der Waals surface area contributed by atoms with Gasteiger partial charge in [0.1, 0.15) is 0 Å². The minimum absolute atomic E-state index is 0.672. The Morgan fingerprint density at radius 2 is 2.00 bits per heavy atom. The molecule has 0 unspecified atom stereocenters. The fourth-order valence-corrected chi connectivity index (χ4v) is 3.36. The molecule has 0 bridgehead atoms. The van der Waals surface area contributed by atoms with Crippen molar-refractivity contribution in [1.82, 2.24) is 4.90 Å². The highest BCUT2D eigenvalue weighted by Gasteiger charge is 2.26. The third-order valence-electron chi connectivity index (χ3n) is 4.36. The van der Waals surface area contributed by atoms with E-state index in [1.165, 1.54) is 30.5 Å². The first-order valence-electron chi connectivity index (χ1n) is 7.71. The summed E-state index contributed by atoms with van der Waals surface area (Å²) in [6.45, 7) is 6.86. The molecular weight excluding hydrogens is 250 g/mol. The van der Waals surface area contributed by atoms with Crippen molar-refractivity contribution >= 4 is 0 Å². The number of nitrogens with zero attached hydrogens (tertiary/aromatic N) is 1. The van der Waals surface area contributed by atoms with Crippen LogP contribution in [0.25, 0.3) is 0 Å². The van der Waals surface area contributed by atoms with Gasteiger partial charge in [-0.3, -0.25) is 0 Å². The lowest BCUT2D eigenvalue weighted by Crippen LogP contribution is -2.39. The molecule has 0 fully saturated rings. The molecule has 3 nitrogen and oxygen atoms in total. The summed E-state index contributed by atoms with van der Waals surface area (Å²) in [4.78, 5) is 2.61. The number of benzene rings is 1. The average Bonchev–Trinajstić information content (AvgIpc) is 2.50. The van der Waals surface area contributed by atoms with Crippen molar-refractivity contribution in [3.05, 3.63) is 23.3 Å². The van der Waals surface area contributed by atoms with E-state index < -0.39 is 0 Å². The standard InChI is InChI=1S/C17H27NO2/c1-5-11-18(6-2)14-8-9-15-13(12-14)7-10-16(19-3)17(15)20-4/h7,10,14H,5-6,8-9,11-12H2,1-4H3/t14-/m0/s1. The summed E-state index contributed by atoms with van der Waals surface area (Å²) in [6.07, 6.45) is 4.65. The summed E-state index contributed by atoms with van der Waals surface area (Å²) in [5, 5.41) is 0. The Balaban J connectivity index is 2.22. The van der Waals surface area contributed by atoms with E-state index in [1.54, 1.807) is 14.2 Å². The molecule has 0 heterocycles. The second-order valence-electron chi connectivity index (χ2n) is 5.46. The van der Waals surface area contributed by atoms with Gasteiger partial charge in [0.2, 0.25) is 0 Å². The van der Waals surface area contributed by atoms with E-state index in [9.17, 15) is 0 Å². The Morgan fingerprint density at radius 1 is 1.20 bits per heavy atom. The van der Waals surface area contributed by atoms with E-state index in [1.807, 2.05) is 6.07 Å². The molecule has 0 N–H and O–H groups in total. The zero-order valence-electron chi connectivity index (χ0n) is 13.2. The Kier molecular flexibility index (Phi) is 5.30. The van der Waals surface area contributed by atoms with Crippen molar-refractivity contribution in [2.75, 3.05) is 27.3 Å². The van der Waals surface area contributed by atoms with Crippen LogP contribution in [0.2, 0.25) is 0 Å². The molecule has 0 saturated carbocycles. The topological polar surface area (TPSA) is 21.7 Å². The molecule has 1 aromatic rings. The predicted octanol–water partition coefficient (Wildman–Crippen LogP) is 3.29. The van der Waals surface area contributed by atoms with Gasteiger partial charge in [-0.15, -0.1) is 0 Å². The van der Waals surface area contributed by atoms with Crippen LogP contribution in [0.15, 0.2) is 12.1 Å². The van der Waals surface area contributed by atoms with Crippen LogP contribution >= 0.6 is 0 Å². The lowest BCUT2D eigenvalue weighted by atomic mass is 9.86. The van der Waals surface area contributed by atoms with Crippen molar-refractivity contribution in [3.8, 4) is 11.5 Å². The average molecular weight is 277 g/mol. The molecule has 1 aromatic carbocycles. The summed E-state index contributed by atoms with van der Waals surface area (Å²) in [6, 6.07) is 4.92. The highest BCUT2D eigenvalue weighted by Crippen LogP contribution is 2.38. The van der Waals surface area contributed by atoms with Crippen molar-refractivity contribution in [2.45, 2.75) is 45.6 Å². The van der Waals surface area contributed by atoms with E-state index in [4.69, 9.17) is 9.47 Å². The molecule has 0 spiro atoms. The first-order chi connectivity index (χ1) is 9.74. The minimum atomic E-state index is 0.672. The SMILES string of the molecule is CCCN(CC)[C@H]1CCc2c(ccc(OC)c2OC)C1. The van der Waals surface area contributed by atoms with Crippen LogP contribution in [-0.2, 0) is 12.8 Å². The molecule has 3 heteroatoms. The van der Waals surface area contributed by atoms with Crippen molar-refractivity contribution in [3.63, 3.8) is 0 Å². The van der Waals surface area contributed by atoms with E-state index in [-0.39, 0.29) is 0 Å². The van der Waals surface area contributed by atoms with Gasteiger partial charge in [0, 0.05) is 11.6 Å². The van der Waals surface area contributed by atoms with Gasteiger partial charge in [0.25, 0.3) is 0 Å². The third-order valence-corrected chi connectivity index (χ3v) is 4.36. The van der Waals surface area contributed by atoms with Gasteiger partial charge in [0.05, 0.1) is 14.2 Å². The summed E-state index contributed by atoms with van der Waals surface area (Å²) in [5.74, 6) is 1.78. The Bertz CT molecular complexity index is 445. The van der Waals surface area contributed by atoms with Gasteiger partial charge in [-0.25, -0.2) is 0 Å². The number of likely N-dealkylation sites (N-methyl/N-ethyl adjacent to an activating group) is 1. The minimum Gasteiger partial charge on any atom is -0.493 e. The van der Waals surface area contributed by atoms with Crippen LogP contribution in [0.3, 0.4) is 0 Å². The van der Waals surface area contributed by atoms with Gasteiger partial charge >= 0.3 is 0 Å². The van der Waals surface area contributed by atoms with Gasteiger partial charge in [-0.05, 0) is 50.4 Å². The van der Waals surface area contributed by atoms with Crippen LogP contribution in [-0.4, -0.2) is 38.3 Å². The molecule has 1 atom stereocenters. The monoisotopic (exact) mass is 277 g/mol. The van der Waals surface area contributed by atoms with Gasteiger partial charge in [0.15, 0.2) is 11.5 Å². The number of hydrogen-bond acceptors (Lipinski definition) is 3. The smallest absolute Gasteiger partial charge is 0.164 e. The van der Waals surface area contributed by atoms with Crippen LogP contribution in [0.1, 0.15) is 37.8 Å². The van der Waals surface area contributed by atoms with E-state index in [0.29, 0.717) is 6.04 Å². The first-order valence-corrected chi connectivity index (χ1v) is 7.71. The fraction of sp³-hybridized carbons (Fsp3) is 0.647. The van der Waals surface area contributed by atoms with Crippen LogP contribution in [0.5, 0.6) is 11.5 Å². The van der Waals surface area contributed by atoms with Gasteiger partial charge in [-0.1, -0.05) is 19.9 Å². The molecule has 0 amide bonds. The van der Waals surface area contributed by atoms with Gasteiger partial charge in [-0.2, -0.15) is 0 Å². The number of methoxy groups -OCH3 is 2. The second kappa shape index (κ2) is 6.98. The number of rotatable bonds is 6. The van der Waals surface area contributed by atoms with Crippen molar-refractivity contribution in [2.24, 2.45) is 0 Å². The Labute approximate surface area is 122 Å². The van der Waals surface area contributed by atoms with Crippen LogP contribution in [0.4, 0.5) is 0 Å². The summed E-state index contributed by atoms with van der Waals surface area (Å²) >= 11 is 0. The summed E-state index contributed by atoms with van der Waals surface area (Å²) in [5.41, 5.74) is 2.77. The molecule has 0 radical (unpaired) electrons. The number of ether oxygens (including phenoxy) is 2. The van der Waals surface area contributed by atoms with E-state index in [0.717, 1.165) is 30.9 Å². The molecule has 0 aliphatic heterocycles.